The number of ether oxygens (including phenoxy) is 1. The minimum atomic E-state index is 0. The van der Waals surface area contributed by atoms with Gasteiger partial charge in [0.15, 0.2) is 0 Å². The number of aryl methyl sites for hydroxylation is 1. The molecular weight excluding hydrogens is 310 g/mol. The Bertz CT molecular complexity index is 746. The van der Waals surface area contributed by atoms with Gasteiger partial charge in [-0.25, -0.2) is 4.98 Å². The van der Waals surface area contributed by atoms with E-state index in [4.69, 9.17) is 16.3 Å². The number of imidazole rings is 1. The average molecular weight is 332 g/mol. The van der Waals surface area contributed by atoms with E-state index < -0.39 is 0 Å². The zero-order chi connectivity index (χ0) is 15.5. The van der Waals surface area contributed by atoms with Gasteiger partial charge in [-0.3, -0.25) is 4.99 Å². The molecule has 1 aliphatic rings. The molecule has 0 bridgehead atoms. The van der Waals surface area contributed by atoms with E-state index in [2.05, 4.69) is 22.1 Å². The number of rotatable bonds is 3. The highest BCUT2D eigenvalue weighted by Crippen LogP contribution is 2.27. The van der Waals surface area contributed by atoms with Gasteiger partial charge < -0.3 is 9.30 Å². The lowest BCUT2D eigenvalue weighted by Crippen LogP contribution is -2.03. The maximum atomic E-state index is 6.17. The van der Waals surface area contributed by atoms with E-state index in [1.807, 2.05) is 29.8 Å². The normalized spacial score (nSPS) is 16.0. The molecule has 1 aromatic carbocycles. The number of allylic oxidation sites excluding steroid dienone is 1. The Morgan fingerprint density at radius 1 is 1.35 bits per heavy atom. The Balaban J connectivity index is 0.00000192. The van der Waals surface area contributed by atoms with Gasteiger partial charge in [0.25, 0.3) is 0 Å². The van der Waals surface area contributed by atoms with Crippen molar-refractivity contribution in [2.75, 3.05) is 13.7 Å². The summed E-state index contributed by atoms with van der Waals surface area (Å²) in [6.07, 6.45) is 7.85. The first-order valence-corrected chi connectivity index (χ1v) is 7.65. The number of methoxy groups -OCH3 is 1. The summed E-state index contributed by atoms with van der Waals surface area (Å²) in [6.45, 7) is 2.78. The standard InChI is InChI=1S/C17H18ClN3O.CH4/c1-12-10-21(11-20-12)15-6-5-13(9-16(15)22-2)8-14-4-3-7-19-17(14)18;/h5-6,8-11H,3-4,7H2,1-2H3;1H4/b14-8+;. The number of halogens is 1. The molecule has 122 valence electrons. The van der Waals surface area contributed by atoms with Crippen molar-refractivity contribution in [3.63, 3.8) is 0 Å². The third kappa shape index (κ3) is 3.82. The van der Waals surface area contributed by atoms with Crippen LogP contribution in [0.3, 0.4) is 0 Å². The van der Waals surface area contributed by atoms with Gasteiger partial charge in [-0.2, -0.15) is 0 Å². The van der Waals surface area contributed by atoms with Crippen molar-refractivity contribution >= 4 is 22.8 Å². The third-order valence-corrected chi connectivity index (χ3v) is 4.02. The molecule has 23 heavy (non-hydrogen) atoms. The van der Waals surface area contributed by atoms with Gasteiger partial charge in [0.1, 0.15) is 10.9 Å². The van der Waals surface area contributed by atoms with Crippen LogP contribution >= 0.6 is 11.6 Å². The quantitative estimate of drug-likeness (QED) is 0.821. The molecule has 1 aromatic heterocycles. The van der Waals surface area contributed by atoms with Crippen LogP contribution in [0.25, 0.3) is 11.8 Å². The van der Waals surface area contributed by atoms with Crippen LogP contribution in [0.4, 0.5) is 0 Å². The van der Waals surface area contributed by atoms with Crippen molar-refractivity contribution in [2.45, 2.75) is 27.2 Å². The van der Waals surface area contributed by atoms with E-state index in [0.717, 1.165) is 47.7 Å². The van der Waals surface area contributed by atoms with Crippen LogP contribution in [0.5, 0.6) is 5.75 Å². The molecule has 0 atom stereocenters. The topological polar surface area (TPSA) is 39.4 Å². The molecule has 0 aliphatic carbocycles. The molecule has 0 saturated heterocycles. The number of hydrogen-bond acceptors (Lipinski definition) is 3. The molecule has 0 unspecified atom stereocenters. The summed E-state index contributed by atoms with van der Waals surface area (Å²) in [6, 6.07) is 6.09. The van der Waals surface area contributed by atoms with Gasteiger partial charge in [-0.05, 0) is 49.1 Å². The van der Waals surface area contributed by atoms with Crippen molar-refractivity contribution in [1.82, 2.24) is 9.55 Å². The molecule has 2 aromatic rings. The Morgan fingerprint density at radius 2 is 2.17 bits per heavy atom. The van der Waals surface area contributed by atoms with E-state index >= 15 is 0 Å². The summed E-state index contributed by atoms with van der Waals surface area (Å²) < 4.78 is 7.48. The van der Waals surface area contributed by atoms with Crippen LogP contribution in [0.15, 0.2) is 41.3 Å². The summed E-state index contributed by atoms with van der Waals surface area (Å²) >= 11 is 6.17. The first kappa shape index (κ1) is 17.3. The highest BCUT2D eigenvalue weighted by molar-refractivity contribution is 6.70. The third-order valence-electron chi connectivity index (χ3n) is 3.65. The van der Waals surface area contributed by atoms with Crippen LogP contribution in [0, 0.1) is 6.92 Å². The average Bonchev–Trinajstić information content (AvgIpc) is 2.96. The Kier molecular flexibility index (Phi) is 5.61. The monoisotopic (exact) mass is 331 g/mol. The Labute approximate surface area is 142 Å². The second-order valence-corrected chi connectivity index (χ2v) is 5.66. The maximum Gasteiger partial charge on any atom is 0.143 e. The highest BCUT2D eigenvalue weighted by atomic mass is 35.5. The zero-order valence-corrected chi connectivity index (χ0v) is 13.5. The van der Waals surface area contributed by atoms with Crippen LogP contribution < -0.4 is 4.74 Å². The molecule has 2 heterocycles. The zero-order valence-electron chi connectivity index (χ0n) is 12.7. The minimum absolute atomic E-state index is 0. The molecule has 0 saturated carbocycles. The largest absolute Gasteiger partial charge is 0.495 e. The van der Waals surface area contributed by atoms with Crippen LogP contribution in [0.1, 0.15) is 31.5 Å². The Morgan fingerprint density at radius 3 is 2.83 bits per heavy atom. The van der Waals surface area contributed by atoms with E-state index in [9.17, 15) is 0 Å². The lowest BCUT2D eigenvalue weighted by molar-refractivity contribution is 0.413. The van der Waals surface area contributed by atoms with Gasteiger partial charge in [0.05, 0.1) is 24.8 Å². The summed E-state index contributed by atoms with van der Waals surface area (Å²) in [5.74, 6) is 0.802. The van der Waals surface area contributed by atoms with Crippen molar-refractivity contribution in [3.05, 3.63) is 47.6 Å². The minimum Gasteiger partial charge on any atom is -0.495 e. The van der Waals surface area contributed by atoms with Gasteiger partial charge in [-0.15, -0.1) is 0 Å². The summed E-state index contributed by atoms with van der Waals surface area (Å²) in [5.41, 5.74) is 4.08. The van der Waals surface area contributed by atoms with Crippen molar-refractivity contribution in [1.29, 1.82) is 0 Å². The summed E-state index contributed by atoms with van der Waals surface area (Å²) in [7, 11) is 1.68. The lowest BCUT2D eigenvalue weighted by Gasteiger charge is -2.13. The fourth-order valence-electron chi connectivity index (χ4n) is 2.53. The first-order valence-electron chi connectivity index (χ1n) is 7.27. The van der Waals surface area contributed by atoms with Crippen LogP contribution in [-0.2, 0) is 0 Å². The lowest BCUT2D eigenvalue weighted by atomic mass is 10.0. The predicted molar refractivity (Wildman–Crippen MR) is 97.0 cm³/mol. The molecule has 3 rings (SSSR count). The smallest absolute Gasteiger partial charge is 0.143 e. The fourth-order valence-corrected chi connectivity index (χ4v) is 2.77. The molecule has 0 radical (unpaired) electrons. The van der Waals surface area contributed by atoms with E-state index in [1.165, 1.54) is 0 Å². The molecule has 0 N–H and O–H groups in total. The van der Waals surface area contributed by atoms with Crippen LogP contribution in [0.2, 0.25) is 0 Å². The van der Waals surface area contributed by atoms with E-state index in [-0.39, 0.29) is 7.43 Å². The van der Waals surface area contributed by atoms with E-state index in [1.54, 1.807) is 13.4 Å². The maximum absolute atomic E-state index is 6.17. The molecular formula is C18H22ClN3O. The number of nitrogens with zero attached hydrogens (tertiary/aromatic N) is 3. The van der Waals surface area contributed by atoms with Crippen molar-refractivity contribution < 1.29 is 4.74 Å². The Hall–Kier alpha value is -2.07. The predicted octanol–water partition coefficient (Wildman–Crippen LogP) is 4.64. The van der Waals surface area contributed by atoms with Gasteiger partial charge in [0.2, 0.25) is 0 Å². The summed E-state index contributed by atoms with van der Waals surface area (Å²) in [4.78, 5) is 8.54. The second kappa shape index (κ2) is 7.47. The highest BCUT2D eigenvalue weighted by Gasteiger charge is 2.11. The molecule has 5 heteroatoms. The van der Waals surface area contributed by atoms with E-state index in [0.29, 0.717) is 5.17 Å². The molecule has 0 spiro atoms. The second-order valence-electron chi connectivity index (χ2n) is 5.30. The number of aromatic nitrogens is 2. The number of hydrogen-bond donors (Lipinski definition) is 0. The van der Waals surface area contributed by atoms with Gasteiger partial charge in [-0.1, -0.05) is 25.1 Å². The van der Waals surface area contributed by atoms with Gasteiger partial charge in [0, 0.05) is 12.7 Å². The number of aliphatic imine (C=N–C) groups is 1. The number of benzene rings is 1. The summed E-state index contributed by atoms with van der Waals surface area (Å²) in [5, 5.41) is 0.625. The molecule has 0 fully saturated rings. The van der Waals surface area contributed by atoms with Crippen molar-refractivity contribution in [3.8, 4) is 11.4 Å². The molecule has 4 nitrogen and oxygen atoms in total. The SMILES string of the molecule is C.COc1cc(/C=C2\CCCN=C2Cl)ccc1-n1cnc(C)c1. The first-order chi connectivity index (χ1) is 10.7. The van der Waals surface area contributed by atoms with Crippen LogP contribution in [-0.4, -0.2) is 28.4 Å². The molecule has 1 aliphatic heterocycles. The molecule has 0 amide bonds. The van der Waals surface area contributed by atoms with Gasteiger partial charge >= 0.3 is 0 Å². The van der Waals surface area contributed by atoms with Crippen molar-refractivity contribution in [2.24, 2.45) is 4.99 Å². The fraction of sp³-hybridized carbons (Fsp3) is 0.333.